The van der Waals surface area contributed by atoms with Gasteiger partial charge in [-0.1, -0.05) is 28.9 Å². The topological polar surface area (TPSA) is 61.8 Å². The van der Waals surface area contributed by atoms with Crippen LogP contribution in [0.4, 0.5) is 0 Å². The van der Waals surface area contributed by atoms with Crippen molar-refractivity contribution in [2.24, 2.45) is 10.9 Å². The Balaban J connectivity index is 2.69. The third kappa shape index (κ3) is 3.55. The van der Waals surface area contributed by atoms with E-state index in [0.29, 0.717) is 6.54 Å². The number of nitrogens with zero attached hydrogens (tertiary/aromatic N) is 2. The molecule has 0 heterocycles. The normalized spacial score (nSPS) is 12.1. The summed E-state index contributed by atoms with van der Waals surface area (Å²) in [6, 6.07) is 6.38. The zero-order valence-corrected chi connectivity index (χ0v) is 10.1. The van der Waals surface area contributed by atoms with Crippen LogP contribution in [0.5, 0.6) is 0 Å². The van der Waals surface area contributed by atoms with Crippen LogP contribution in [0.1, 0.15) is 16.7 Å². The number of rotatable bonds is 4. The number of hydrogen-bond acceptors (Lipinski definition) is 3. The van der Waals surface area contributed by atoms with Crippen molar-refractivity contribution >= 4 is 5.84 Å². The molecular formula is C12H19N3O. The molecule has 16 heavy (non-hydrogen) atoms. The molecule has 1 rings (SSSR count). The summed E-state index contributed by atoms with van der Waals surface area (Å²) in [5.41, 5.74) is 9.23. The minimum absolute atomic E-state index is 0.229. The first-order chi connectivity index (χ1) is 7.52. The van der Waals surface area contributed by atoms with E-state index in [1.807, 2.05) is 11.9 Å². The monoisotopic (exact) mass is 221 g/mol. The first kappa shape index (κ1) is 12.5. The van der Waals surface area contributed by atoms with Gasteiger partial charge in [-0.25, -0.2) is 0 Å². The average Bonchev–Trinajstić information content (AvgIpc) is 2.23. The Morgan fingerprint density at radius 3 is 2.75 bits per heavy atom. The average molecular weight is 221 g/mol. The largest absolute Gasteiger partial charge is 0.409 e. The van der Waals surface area contributed by atoms with E-state index in [-0.39, 0.29) is 5.84 Å². The minimum atomic E-state index is 0.229. The molecule has 0 aliphatic heterocycles. The molecule has 0 fully saturated rings. The number of aryl methyl sites for hydroxylation is 2. The van der Waals surface area contributed by atoms with Crippen molar-refractivity contribution < 1.29 is 5.21 Å². The zero-order chi connectivity index (χ0) is 12.1. The van der Waals surface area contributed by atoms with Gasteiger partial charge in [-0.05, 0) is 32.0 Å². The minimum Gasteiger partial charge on any atom is -0.409 e. The molecule has 0 bridgehead atoms. The number of nitrogens with two attached hydrogens (primary N) is 1. The van der Waals surface area contributed by atoms with Gasteiger partial charge in [0.25, 0.3) is 0 Å². The Hall–Kier alpha value is -1.55. The van der Waals surface area contributed by atoms with Crippen molar-refractivity contribution in [1.29, 1.82) is 0 Å². The molecule has 88 valence electrons. The standard InChI is InChI=1S/C12H19N3O/c1-9-4-5-10(2)11(6-9)7-15(3)8-12(13)14-16/h4-6,16H,7-8H2,1-3H3,(H2,13,14). The van der Waals surface area contributed by atoms with Gasteiger partial charge in [-0.2, -0.15) is 0 Å². The maximum Gasteiger partial charge on any atom is 0.153 e. The second-order valence-electron chi connectivity index (χ2n) is 4.19. The molecule has 0 unspecified atom stereocenters. The molecule has 1 aromatic rings. The van der Waals surface area contributed by atoms with Crippen molar-refractivity contribution in [2.45, 2.75) is 20.4 Å². The lowest BCUT2D eigenvalue weighted by Crippen LogP contribution is -2.30. The van der Waals surface area contributed by atoms with Gasteiger partial charge in [-0.15, -0.1) is 0 Å². The van der Waals surface area contributed by atoms with Crippen molar-refractivity contribution in [1.82, 2.24) is 4.90 Å². The summed E-state index contributed by atoms with van der Waals surface area (Å²) in [6.45, 7) is 5.42. The molecule has 0 spiro atoms. The van der Waals surface area contributed by atoms with Crippen molar-refractivity contribution in [2.75, 3.05) is 13.6 Å². The fourth-order valence-electron chi connectivity index (χ4n) is 1.63. The Labute approximate surface area is 96.4 Å². The highest BCUT2D eigenvalue weighted by Gasteiger charge is 2.05. The van der Waals surface area contributed by atoms with Gasteiger partial charge >= 0.3 is 0 Å². The van der Waals surface area contributed by atoms with Crippen molar-refractivity contribution in [3.05, 3.63) is 34.9 Å². The fourth-order valence-corrected chi connectivity index (χ4v) is 1.63. The van der Waals surface area contributed by atoms with E-state index in [1.54, 1.807) is 0 Å². The van der Waals surface area contributed by atoms with E-state index >= 15 is 0 Å². The molecular weight excluding hydrogens is 202 g/mol. The van der Waals surface area contributed by atoms with E-state index in [1.165, 1.54) is 16.7 Å². The summed E-state index contributed by atoms with van der Waals surface area (Å²) in [4.78, 5) is 2.01. The molecule has 1 aromatic carbocycles. The maximum atomic E-state index is 8.48. The molecule has 0 aromatic heterocycles. The molecule has 0 amide bonds. The first-order valence-corrected chi connectivity index (χ1v) is 5.24. The molecule has 4 heteroatoms. The predicted molar refractivity (Wildman–Crippen MR) is 65.7 cm³/mol. The van der Waals surface area contributed by atoms with Crippen LogP contribution < -0.4 is 5.73 Å². The SMILES string of the molecule is Cc1ccc(C)c(CN(C)CC(N)=NO)c1. The van der Waals surface area contributed by atoms with Crippen LogP contribution in [-0.4, -0.2) is 29.5 Å². The van der Waals surface area contributed by atoms with Gasteiger partial charge in [0.2, 0.25) is 0 Å². The Morgan fingerprint density at radius 2 is 2.12 bits per heavy atom. The number of oxime groups is 1. The smallest absolute Gasteiger partial charge is 0.153 e. The maximum absolute atomic E-state index is 8.48. The van der Waals surface area contributed by atoms with E-state index in [0.717, 1.165) is 6.54 Å². The Morgan fingerprint density at radius 1 is 1.44 bits per heavy atom. The van der Waals surface area contributed by atoms with E-state index < -0.39 is 0 Å². The summed E-state index contributed by atoms with van der Waals surface area (Å²) in [5.74, 6) is 0.229. The Kier molecular flexibility index (Phi) is 4.31. The number of hydrogen-bond donors (Lipinski definition) is 2. The molecule has 0 saturated heterocycles. The lowest BCUT2D eigenvalue weighted by atomic mass is 10.1. The van der Waals surface area contributed by atoms with Crippen LogP contribution in [0, 0.1) is 13.8 Å². The molecule has 3 N–H and O–H groups in total. The number of benzene rings is 1. The van der Waals surface area contributed by atoms with Crippen LogP contribution in [0.2, 0.25) is 0 Å². The molecule has 0 aliphatic rings. The summed E-state index contributed by atoms with van der Waals surface area (Å²) < 4.78 is 0. The molecule has 0 radical (unpaired) electrons. The van der Waals surface area contributed by atoms with Crippen LogP contribution in [0.3, 0.4) is 0 Å². The molecule has 4 nitrogen and oxygen atoms in total. The van der Waals surface area contributed by atoms with E-state index in [4.69, 9.17) is 10.9 Å². The molecule has 0 saturated carbocycles. The van der Waals surface area contributed by atoms with Crippen LogP contribution in [0.15, 0.2) is 23.4 Å². The highest BCUT2D eigenvalue weighted by atomic mass is 16.4. The fraction of sp³-hybridized carbons (Fsp3) is 0.417. The second-order valence-corrected chi connectivity index (χ2v) is 4.19. The van der Waals surface area contributed by atoms with Crippen molar-refractivity contribution in [3.8, 4) is 0 Å². The first-order valence-electron chi connectivity index (χ1n) is 5.24. The third-order valence-electron chi connectivity index (χ3n) is 2.51. The van der Waals surface area contributed by atoms with Gasteiger partial charge in [0.05, 0.1) is 6.54 Å². The highest BCUT2D eigenvalue weighted by Crippen LogP contribution is 2.12. The lowest BCUT2D eigenvalue weighted by molar-refractivity contribution is 0.308. The quantitative estimate of drug-likeness (QED) is 0.350. The van der Waals surface area contributed by atoms with Gasteiger partial charge < -0.3 is 10.9 Å². The van der Waals surface area contributed by atoms with Gasteiger partial charge in [-0.3, -0.25) is 4.90 Å². The van der Waals surface area contributed by atoms with Crippen molar-refractivity contribution in [3.63, 3.8) is 0 Å². The van der Waals surface area contributed by atoms with Gasteiger partial charge in [0, 0.05) is 6.54 Å². The van der Waals surface area contributed by atoms with Gasteiger partial charge in [0.1, 0.15) is 0 Å². The van der Waals surface area contributed by atoms with Gasteiger partial charge in [0.15, 0.2) is 5.84 Å². The van der Waals surface area contributed by atoms with Crippen LogP contribution in [-0.2, 0) is 6.54 Å². The summed E-state index contributed by atoms with van der Waals surface area (Å²) in [5, 5.41) is 11.4. The summed E-state index contributed by atoms with van der Waals surface area (Å²) >= 11 is 0. The Bertz CT molecular complexity index is 388. The summed E-state index contributed by atoms with van der Waals surface area (Å²) in [6.07, 6.45) is 0. The third-order valence-corrected chi connectivity index (χ3v) is 2.51. The van der Waals surface area contributed by atoms with Crippen LogP contribution in [0.25, 0.3) is 0 Å². The predicted octanol–water partition coefficient (Wildman–Crippen LogP) is 1.48. The molecule has 0 aliphatic carbocycles. The highest BCUT2D eigenvalue weighted by molar-refractivity contribution is 5.81. The van der Waals surface area contributed by atoms with Crippen LogP contribution >= 0.6 is 0 Å². The lowest BCUT2D eigenvalue weighted by Gasteiger charge is -2.17. The molecule has 0 atom stereocenters. The van der Waals surface area contributed by atoms with E-state index in [9.17, 15) is 0 Å². The van der Waals surface area contributed by atoms with E-state index in [2.05, 4.69) is 37.2 Å². The zero-order valence-electron chi connectivity index (χ0n) is 10.1. The summed E-state index contributed by atoms with van der Waals surface area (Å²) in [7, 11) is 1.94. The second kappa shape index (κ2) is 5.51. The number of amidine groups is 1. The number of likely N-dealkylation sites (N-methyl/N-ethyl adjacent to an activating group) is 1.